The average molecular weight is 377 g/mol. The van der Waals surface area contributed by atoms with E-state index in [-0.39, 0.29) is 0 Å². The zero-order valence-corrected chi connectivity index (χ0v) is 16.1. The molecule has 3 aromatic rings. The van der Waals surface area contributed by atoms with E-state index in [0.29, 0.717) is 13.2 Å². The number of hydrogen-bond acceptors (Lipinski definition) is 6. The van der Waals surface area contributed by atoms with Crippen LogP contribution >= 0.6 is 0 Å². The van der Waals surface area contributed by atoms with Gasteiger partial charge in [0.2, 0.25) is 0 Å². The first-order valence-electron chi connectivity index (χ1n) is 9.28. The fraction of sp³-hybridized carbons (Fsp3) is 0.273. The van der Waals surface area contributed by atoms with Crippen LogP contribution in [0.4, 0.5) is 5.82 Å². The van der Waals surface area contributed by atoms with Gasteiger partial charge >= 0.3 is 0 Å². The number of hydrogen-bond donors (Lipinski definition) is 0. The molecule has 1 aromatic heterocycles. The Morgan fingerprint density at radius 3 is 1.93 bits per heavy atom. The second kappa shape index (κ2) is 8.27. The minimum absolute atomic E-state index is 0.708. The van der Waals surface area contributed by atoms with Gasteiger partial charge in [-0.05, 0) is 48.0 Å². The van der Waals surface area contributed by atoms with E-state index in [9.17, 15) is 0 Å². The molecule has 0 bridgehead atoms. The summed E-state index contributed by atoms with van der Waals surface area (Å²) in [4.78, 5) is 2.21. The molecule has 6 nitrogen and oxygen atoms in total. The lowest BCUT2D eigenvalue weighted by Gasteiger charge is -2.28. The lowest BCUT2D eigenvalue weighted by molar-refractivity contribution is 0.122. The molecule has 0 unspecified atom stereocenters. The third-order valence-corrected chi connectivity index (χ3v) is 4.88. The van der Waals surface area contributed by atoms with Crippen LogP contribution in [0.5, 0.6) is 11.5 Å². The third-order valence-electron chi connectivity index (χ3n) is 4.88. The Kier molecular flexibility index (Phi) is 5.39. The lowest BCUT2D eigenvalue weighted by atomic mass is 9.99. The summed E-state index contributed by atoms with van der Waals surface area (Å²) in [7, 11) is 3.33. The highest BCUT2D eigenvalue weighted by Gasteiger charge is 2.17. The smallest absolute Gasteiger partial charge is 0.152 e. The van der Waals surface area contributed by atoms with Gasteiger partial charge in [0.05, 0.1) is 27.4 Å². The van der Waals surface area contributed by atoms with E-state index in [1.54, 1.807) is 14.2 Å². The first kappa shape index (κ1) is 18.3. The number of ether oxygens (including phenoxy) is 3. The zero-order chi connectivity index (χ0) is 19.3. The van der Waals surface area contributed by atoms with E-state index in [2.05, 4.69) is 21.2 Å². The number of rotatable bonds is 5. The molecule has 0 saturated carbocycles. The van der Waals surface area contributed by atoms with Crippen molar-refractivity contribution in [2.24, 2.45) is 0 Å². The Morgan fingerprint density at radius 1 is 0.786 bits per heavy atom. The minimum atomic E-state index is 0.708. The van der Waals surface area contributed by atoms with E-state index >= 15 is 0 Å². The summed E-state index contributed by atoms with van der Waals surface area (Å²) in [6, 6.07) is 18.0. The molecular formula is C22H23N3O3. The summed E-state index contributed by atoms with van der Waals surface area (Å²) in [5.41, 5.74) is 3.93. The largest absolute Gasteiger partial charge is 0.497 e. The van der Waals surface area contributed by atoms with Gasteiger partial charge in [-0.2, -0.15) is 0 Å². The van der Waals surface area contributed by atoms with Crippen LogP contribution in [-0.4, -0.2) is 50.7 Å². The fourth-order valence-electron chi connectivity index (χ4n) is 3.28. The van der Waals surface area contributed by atoms with Crippen LogP contribution in [0.3, 0.4) is 0 Å². The summed E-state index contributed by atoms with van der Waals surface area (Å²) in [5, 5.41) is 9.10. The van der Waals surface area contributed by atoms with Gasteiger partial charge in [-0.1, -0.05) is 12.1 Å². The standard InChI is InChI=1S/C22H23N3O3/c1-26-18-7-3-16(4-8-18)20-15-21(25-11-13-28-14-12-25)23-24-22(20)17-5-9-19(27-2)10-6-17/h3-10,15H,11-14H2,1-2H3. The van der Waals surface area contributed by atoms with Crippen molar-refractivity contribution in [2.75, 3.05) is 45.4 Å². The van der Waals surface area contributed by atoms with E-state index < -0.39 is 0 Å². The van der Waals surface area contributed by atoms with Crippen molar-refractivity contribution in [3.05, 3.63) is 54.6 Å². The molecule has 2 heterocycles. The van der Waals surface area contributed by atoms with Crippen molar-refractivity contribution in [3.8, 4) is 33.9 Å². The summed E-state index contributed by atoms with van der Waals surface area (Å²) in [5.74, 6) is 2.50. The van der Waals surface area contributed by atoms with Crippen molar-refractivity contribution in [3.63, 3.8) is 0 Å². The molecule has 1 aliphatic heterocycles. The van der Waals surface area contributed by atoms with Gasteiger partial charge in [-0.25, -0.2) is 0 Å². The molecule has 0 radical (unpaired) electrons. The predicted octanol–water partition coefficient (Wildman–Crippen LogP) is 3.66. The normalized spacial score (nSPS) is 14.0. The summed E-state index contributed by atoms with van der Waals surface area (Å²) >= 11 is 0. The molecule has 0 spiro atoms. The molecule has 0 aliphatic carbocycles. The van der Waals surface area contributed by atoms with E-state index in [1.807, 2.05) is 48.5 Å². The predicted molar refractivity (Wildman–Crippen MR) is 109 cm³/mol. The van der Waals surface area contributed by atoms with Crippen molar-refractivity contribution >= 4 is 5.82 Å². The Morgan fingerprint density at radius 2 is 1.36 bits per heavy atom. The minimum Gasteiger partial charge on any atom is -0.497 e. The van der Waals surface area contributed by atoms with Gasteiger partial charge in [0, 0.05) is 24.2 Å². The maximum absolute atomic E-state index is 5.46. The fourth-order valence-corrected chi connectivity index (χ4v) is 3.28. The maximum atomic E-state index is 5.46. The number of anilines is 1. The monoisotopic (exact) mass is 377 g/mol. The second-order valence-corrected chi connectivity index (χ2v) is 6.52. The number of morpholine rings is 1. The van der Waals surface area contributed by atoms with E-state index in [4.69, 9.17) is 14.2 Å². The van der Waals surface area contributed by atoms with Gasteiger partial charge in [-0.3, -0.25) is 0 Å². The van der Waals surface area contributed by atoms with Crippen LogP contribution in [-0.2, 0) is 4.74 Å². The zero-order valence-electron chi connectivity index (χ0n) is 16.1. The van der Waals surface area contributed by atoms with Crippen LogP contribution in [0.15, 0.2) is 54.6 Å². The van der Waals surface area contributed by atoms with E-state index in [1.165, 1.54) is 0 Å². The Bertz CT molecular complexity index is 921. The maximum Gasteiger partial charge on any atom is 0.152 e. The van der Waals surface area contributed by atoms with Crippen LogP contribution in [0.2, 0.25) is 0 Å². The van der Waals surface area contributed by atoms with Crippen LogP contribution in [0, 0.1) is 0 Å². The Hall–Kier alpha value is -3.12. The highest BCUT2D eigenvalue weighted by molar-refractivity contribution is 5.82. The molecule has 1 saturated heterocycles. The second-order valence-electron chi connectivity index (χ2n) is 6.52. The molecular weight excluding hydrogens is 354 g/mol. The molecule has 144 valence electrons. The van der Waals surface area contributed by atoms with Crippen LogP contribution in [0.25, 0.3) is 22.4 Å². The van der Waals surface area contributed by atoms with Crippen molar-refractivity contribution < 1.29 is 14.2 Å². The van der Waals surface area contributed by atoms with Gasteiger partial charge in [-0.15, -0.1) is 10.2 Å². The Balaban J connectivity index is 1.78. The molecule has 0 amide bonds. The molecule has 28 heavy (non-hydrogen) atoms. The van der Waals surface area contributed by atoms with Crippen LogP contribution in [0.1, 0.15) is 0 Å². The van der Waals surface area contributed by atoms with Crippen molar-refractivity contribution in [2.45, 2.75) is 0 Å². The summed E-state index contributed by atoms with van der Waals surface area (Å²) in [6.45, 7) is 3.05. The molecule has 2 aromatic carbocycles. The third kappa shape index (κ3) is 3.77. The summed E-state index contributed by atoms with van der Waals surface area (Å²) in [6.07, 6.45) is 0. The van der Waals surface area contributed by atoms with Gasteiger partial charge in [0.15, 0.2) is 5.82 Å². The highest BCUT2D eigenvalue weighted by Crippen LogP contribution is 2.34. The molecule has 4 rings (SSSR count). The lowest BCUT2D eigenvalue weighted by Crippen LogP contribution is -2.36. The number of methoxy groups -OCH3 is 2. The number of benzene rings is 2. The van der Waals surface area contributed by atoms with Gasteiger partial charge < -0.3 is 19.1 Å². The Labute approximate surface area is 164 Å². The SMILES string of the molecule is COc1ccc(-c2cc(N3CCOCC3)nnc2-c2ccc(OC)cc2)cc1. The molecule has 1 fully saturated rings. The quantitative estimate of drug-likeness (QED) is 0.676. The number of nitrogens with zero attached hydrogens (tertiary/aromatic N) is 3. The highest BCUT2D eigenvalue weighted by atomic mass is 16.5. The van der Waals surface area contributed by atoms with Crippen molar-refractivity contribution in [1.29, 1.82) is 0 Å². The number of aromatic nitrogens is 2. The van der Waals surface area contributed by atoms with E-state index in [0.717, 1.165) is 52.8 Å². The van der Waals surface area contributed by atoms with Gasteiger partial charge in [0.25, 0.3) is 0 Å². The van der Waals surface area contributed by atoms with Crippen molar-refractivity contribution in [1.82, 2.24) is 10.2 Å². The summed E-state index contributed by atoms with van der Waals surface area (Å²) < 4.78 is 16.0. The molecule has 6 heteroatoms. The first-order chi connectivity index (χ1) is 13.8. The first-order valence-corrected chi connectivity index (χ1v) is 9.28. The topological polar surface area (TPSA) is 56.7 Å². The van der Waals surface area contributed by atoms with Crippen LogP contribution < -0.4 is 14.4 Å². The van der Waals surface area contributed by atoms with Gasteiger partial charge in [0.1, 0.15) is 17.2 Å². The molecule has 1 aliphatic rings. The molecule has 0 atom stereocenters. The molecule has 0 N–H and O–H groups in total. The average Bonchev–Trinajstić information content (AvgIpc) is 2.79.